The fraction of sp³-hybridized carbons (Fsp3) is 0.111. The van der Waals surface area contributed by atoms with Gasteiger partial charge >= 0.3 is 0 Å². The Morgan fingerprint density at radius 3 is 2.75 bits per heavy atom. The molecule has 0 unspecified atom stereocenters. The van der Waals surface area contributed by atoms with Crippen molar-refractivity contribution in [3.05, 3.63) is 47.7 Å². The van der Waals surface area contributed by atoms with Crippen LogP contribution in [0.3, 0.4) is 0 Å². The van der Waals surface area contributed by atoms with Gasteiger partial charge < -0.3 is 9.15 Å². The summed E-state index contributed by atoms with van der Waals surface area (Å²) in [6.45, 7) is 1.79. The minimum absolute atomic E-state index is 0.0106. The number of anilines is 1. The molecule has 28 heavy (non-hydrogen) atoms. The summed E-state index contributed by atoms with van der Waals surface area (Å²) in [4.78, 5) is 17.0. The summed E-state index contributed by atoms with van der Waals surface area (Å²) < 4.78 is 34.5. The van der Waals surface area contributed by atoms with Gasteiger partial charge in [-0.15, -0.1) is 0 Å². The number of hydrogen-bond donors (Lipinski definition) is 2. The number of nitrogens with one attached hydrogen (secondary N) is 1. The van der Waals surface area contributed by atoms with Crippen molar-refractivity contribution in [2.24, 2.45) is 5.14 Å². The number of thiazole rings is 1. The van der Waals surface area contributed by atoms with Crippen LogP contribution in [-0.4, -0.2) is 26.4 Å². The molecule has 8 nitrogen and oxygen atoms in total. The number of aryl methyl sites for hydroxylation is 1. The second-order valence-electron chi connectivity index (χ2n) is 6.07. The number of hydrogen-bond acceptors (Lipinski definition) is 7. The molecule has 2 heterocycles. The highest BCUT2D eigenvalue weighted by molar-refractivity contribution is 7.89. The maximum Gasteiger partial charge on any atom is 0.293 e. The predicted molar refractivity (Wildman–Crippen MR) is 106 cm³/mol. The molecule has 0 spiro atoms. The van der Waals surface area contributed by atoms with Gasteiger partial charge in [0.2, 0.25) is 10.0 Å². The summed E-state index contributed by atoms with van der Waals surface area (Å²) in [5, 5.41) is 8.96. The normalized spacial score (nSPS) is 11.8. The number of aromatic nitrogens is 1. The van der Waals surface area contributed by atoms with Gasteiger partial charge in [0.05, 0.1) is 22.2 Å². The Bertz CT molecular complexity index is 1340. The van der Waals surface area contributed by atoms with Crippen molar-refractivity contribution in [1.29, 1.82) is 0 Å². The smallest absolute Gasteiger partial charge is 0.293 e. The molecular formula is C18H15N3O5S2. The highest BCUT2D eigenvalue weighted by Gasteiger charge is 2.20. The first-order valence-electron chi connectivity index (χ1n) is 8.08. The Labute approximate surface area is 164 Å². The molecule has 144 valence electrons. The molecule has 0 aliphatic rings. The van der Waals surface area contributed by atoms with Crippen LogP contribution in [0.1, 0.15) is 16.1 Å². The monoisotopic (exact) mass is 417 g/mol. The fourth-order valence-electron chi connectivity index (χ4n) is 2.83. The topological polar surface area (TPSA) is 125 Å². The highest BCUT2D eigenvalue weighted by Crippen LogP contribution is 2.31. The van der Waals surface area contributed by atoms with Crippen LogP contribution in [0, 0.1) is 6.92 Å². The first kappa shape index (κ1) is 18.4. The molecule has 0 saturated carbocycles. The van der Waals surface area contributed by atoms with Gasteiger partial charge in [0.15, 0.2) is 10.9 Å². The van der Waals surface area contributed by atoms with Crippen LogP contribution >= 0.6 is 11.3 Å². The van der Waals surface area contributed by atoms with E-state index in [1.165, 1.54) is 12.1 Å². The van der Waals surface area contributed by atoms with Crippen molar-refractivity contribution in [1.82, 2.24) is 4.98 Å². The van der Waals surface area contributed by atoms with E-state index in [1.807, 2.05) is 0 Å². The molecule has 4 rings (SSSR count). The Morgan fingerprint density at radius 1 is 1.25 bits per heavy atom. The summed E-state index contributed by atoms with van der Waals surface area (Å²) in [6.07, 6.45) is 0. The van der Waals surface area contributed by atoms with E-state index in [2.05, 4.69) is 10.3 Å². The lowest BCUT2D eigenvalue weighted by atomic mass is 10.1. The molecule has 0 aliphatic carbocycles. The first-order valence-corrected chi connectivity index (χ1v) is 10.4. The zero-order valence-corrected chi connectivity index (χ0v) is 16.5. The van der Waals surface area contributed by atoms with E-state index < -0.39 is 15.9 Å². The van der Waals surface area contributed by atoms with E-state index in [4.69, 9.17) is 14.3 Å². The summed E-state index contributed by atoms with van der Waals surface area (Å²) in [7, 11) is -2.24. The van der Waals surface area contributed by atoms with Gasteiger partial charge in [-0.1, -0.05) is 11.3 Å². The standard InChI is InChI=1S/C18H15N3O5S2/c1-9-12-7-10(25-2)3-6-14(12)26-16(9)17(22)21-18-20-13-5-4-11(28(19,23)24)8-15(13)27-18/h3-8H,1-2H3,(H2,19,23,24)(H,20,21,22). The minimum atomic E-state index is -3.81. The Morgan fingerprint density at radius 2 is 2.04 bits per heavy atom. The molecule has 4 aromatic rings. The summed E-state index contributed by atoms with van der Waals surface area (Å²) >= 11 is 1.14. The Balaban J connectivity index is 1.66. The SMILES string of the molecule is COc1ccc2oc(C(=O)Nc3nc4ccc(S(N)(=O)=O)cc4s3)c(C)c2c1. The van der Waals surface area contributed by atoms with E-state index in [0.29, 0.717) is 32.2 Å². The second kappa shape index (κ2) is 6.59. The molecule has 0 saturated heterocycles. The lowest BCUT2D eigenvalue weighted by Crippen LogP contribution is -2.11. The maximum atomic E-state index is 12.7. The maximum absolute atomic E-state index is 12.7. The summed E-state index contributed by atoms with van der Waals surface area (Å²) in [5.41, 5.74) is 1.81. The Hall–Kier alpha value is -2.95. The minimum Gasteiger partial charge on any atom is -0.497 e. The number of ether oxygens (including phenoxy) is 1. The molecule has 0 radical (unpaired) electrons. The van der Waals surface area contributed by atoms with Gasteiger partial charge in [0, 0.05) is 10.9 Å². The van der Waals surface area contributed by atoms with Crippen molar-refractivity contribution in [3.8, 4) is 5.75 Å². The summed E-state index contributed by atoms with van der Waals surface area (Å²) in [5.74, 6) is 0.395. The number of furan rings is 1. The molecule has 0 aliphatic heterocycles. The summed E-state index contributed by atoms with van der Waals surface area (Å²) in [6, 6.07) is 9.64. The van der Waals surface area contributed by atoms with Crippen molar-refractivity contribution < 1.29 is 22.4 Å². The zero-order chi connectivity index (χ0) is 20.1. The molecule has 0 fully saturated rings. The highest BCUT2D eigenvalue weighted by atomic mass is 32.2. The lowest BCUT2D eigenvalue weighted by Gasteiger charge is -1.99. The van der Waals surface area contributed by atoms with Crippen molar-refractivity contribution >= 4 is 53.6 Å². The van der Waals surface area contributed by atoms with Crippen molar-refractivity contribution in [2.75, 3.05) is 12.4 Å². The molecule has 0 bridgehead atoms. The van der Waals surface area contributed by atoms with Gasteiger partial charge in [-0.05, 0) is 43.3 Å². The number of carbonyl (C=O) groups excluding carboxylic acids is 1. The number of nitrogens with two attached hydrogens (primary N) is 1. The van der Waals surface area contributed by atoms with Crippen LogP contribution in [0.2, 0.25) is 0 Å². The number of fused-ring (bicyclic) bond motifs is 2. The number of methoxy groups -OCH3 is 1. The van der Waals surface area contributed by atoms with Gasteiger partial charge in [0.25, 0.3) is 5.91 Å². The fourth-order valence-corrected chi connectivity index (χ4v) is 4.35. The van der Waals surface area contributed by atoms with E-state index in [9.17, 15) is 13.2 Å². The Kier molecular flexibility index (Phi) is 4.33. The molecule has 2 aromatic heterocycles. The number of amides is 1. The number of rotatable bonds is 4. The van der Waals surface area contributed by atoms with Gasteiger partial charge in [-0.25, -0.2) is 18.5 Å². The number of primary sulfonamides is 1. The van der Waals surface area contributed by atoms with Crippen molar-refractivity contribution in [3.63, 3.8) is 0 Å². The quantitative estimate of drug-likeness (QED) is 0.525. The van der Waals surface area contributed by atoms with E-state index in [1.54, 1.807) is 38.3 Å². The van der Waals surface area contributed by atoms with E-state index in [0.717, 1.165) is 16.7 Å². The van der Waals surface area contributed by atoms with Crippen LogP contribution in [0.5, 0.6) is 5.75 Å². The average Bonchev–Trinajstić information content (AvgIpc) is 3.20. The molecule has 1 amide bonds. The predicted octanol–water partition coefficient (Wildman–Crippen LogP) is 3.26. The van der Waals surface area contributed by atoms with E-state index >= 15 is 0 Å². The van der Waals surface area contributed by atoms with Crippen LogP contribution < -0.4 is 15.2 Å². The molecule has 0 atom stereocenters. The first-order chi connectivity index (χ1) is 13.3. The second-order valence-corrected chi connectivity index (χ2v) is 8.66. The van der Waals surface area contributed by atoms with Gasteiger partial charge in [-0.3, -0.25) is 10.1 Å². The number of carbonyl (C=O) groups is 1. The lowest BCUT2D eigenvalue weighted by molar-refractivity contribution is 0.0998. The van der Waals surface area contributed by atoms with Gasteiger partial charge in [0.1, 0.15) is 11.3 Å². The largest absolute Gasteiger partial charge is 0.497 e. The average molecular weight is 417 g/mol. The number of sulfonamides is 1. The van der Waals surface area contributed by atoms with Crippen LogP contribution in [0.4, 0.5) is 5.13 Å². The third-order valence-corrected chi connectivity index (χ3v) is 6.10. The van der Waals surface area contributed by atoms with Crippen LogP contribution in [-0.2, 0) is 10.0 Å². The van der Waals surface area contributed by atoms with Gasteiger partial charge in [-0.2, -0.15) is 0 Å². The third kappa shape index (κ3) is 3.21. The van der Waals surface area contributed by atoms with Crippen LogP contribution in [0.15, 0.2) is 45.7 Å². The number of nitrogens with zero attached hydrogens (tertiary/aromatic N) is 1. The van der Waals surface area contributed by atoms with E-state index in [-0.39, 0.29) is 10.7 Å². The van der Waals surface area contributed by atoms with Crippen molar-refractivity contribution in [2.45, 2.75) is 11.8 Å². The number of benzene rings is 2. The molecule has 2 aromatic carbocycles. The van der Waals surface area contributed by atoms with Crippen LogP contribution in [0.25, 0.3) is 21.2 Å². The third-order valence-electron chi connectivity index (χ3n) is 4.26. The zero-order valence-electron chi connectivity index (χ0n) is 14.8. The molecule has 3 N–H and O–H groups in total. The molecular weight excluding hydrogens is 402 g/mol. The molecule has 10 heteroatoms.